The molecule has 1 aromatic carbocycles. The van der Waals surface area contributed by atoms with E-state index >= 15 is 0 Å². The van der Waals surface area contributed by atoms with E-state index in [1.54, 1.807) is 16.8 Å². The fourth-order valence-corrected chi connectivity index (χ4v) is 8.71. The van der Waals surface area contributed by atoms with Gasteiger partial charge in [0.2, 0.25) is 17.8 Å². The van der Waals surface area contributed by atoms with Gasteiger partial charge in [-0.3, -0.25) is 38.6 Å². The number of likely N-dealkylation sites (N-methyl/N-ethyl adjacent to an activating group) is 1. The second-order valence-corrected chi connectivity index (χ2v) is 16.4. The second-order valence-electron chi connectivity index (χ2n) is 16.4. The zero-order valence-electron chi connectivity index (χ0n) is 35.0. The number of pyridine rings is 2. The molecule has 316 valence electrons. The summed E-state index contributed by atoms with van der Waals surface area (Å²) in [6, 6.07) is 9.76. The molecule has 0 aliphatic carbocycles. The maximum atomic E-state index is 13.3. The average Bonchev–Trinajstić information content (AvgIpc) is 3.84. The number of anilines is 4. The van der Waals surface area contributed by atoms with Crippen LogP contribution in [-0.2, 0) is 27.9 Å². The first kappa shape index (κ1) is 40.7. The standard InChI is InChI=1S/C43H54N12O5/c1-6-7-28-21-46-43(49-39(28)47-30-18-29-19-35(60-25-37(57)44-4)42(59)55(26(2)3)40(29)45-22-30)54-13-12-27(24-54)23-52-14-16-53(17-15-52)31-8-9-32-34(20-31)51(5)50-38(32)33-10-11-36(56)48-41(33)58/h8-9,18-22,26-27,33H,6-7,10-17,23-25H2,1-5H3,(H,44,57)(H,46,47,49)(H,48,56,58)/t27-,33?/m1/s1. The Morgan fingerprint density at radius 2 is 1.82 bits per heavy atom. The Bertz CT molecular complexity index is 2490. The smallest absolute Gasteiger partial charge is 0.294 e. The van der Waals surface area contributed by atoms with Crippen LogP contribution in [0.15, 0.2) is 47.5 Å². The van der Waals surface area contributed by atoms with Crippen LogP contribution in [0, 0.1) is 5.92 Å². The summed E-state index contributed by atoms with van der Waals surface area (Å²) < 4.78 is 9.07. The molecule has 1 unspecified atom stereocenters. The monoisotopic (exact) mass is 818 g/mol. The number of hydrogen-bond acceptors (Lipinski definition) is 13. The van der Waals surface area contributed by atoms with Crippen molar-refractivity contribution in [3.05, 3.63) is 64.3 Å². The van der Waals surface area contributed by atoms with E-state index in [4.69, 9.17) is 24.8 Å². The molecule has 0 bridgehead atoms. The van der Waals surface area contributed by atoms with Gasteiger partial charge in [0.05, 0.1) is 29.0 Å². The molecule has 3 aliphatic heterocycles. The Labute approximate surface area is 348 Å². The summed E-state index contributed by atoms with van der Waals surface area (Å²) in [5.74, 6) is 0.774. The van der Waals surface area contributed by atoms with Crippen LogP contribution in [0.5, 0.6) is 5.75 Å². The minimum atomic E-state index is -0.417. The van der Waals surface area contributed by atoms with Crippen LogP contribution in [0.1, 0.15) is 69.7 Å². The number of imide groups is 1. The first-order valence-electron chi connectivity index (χ1n) is 21.0. The molecular weight excluding hydrogens is 765 g/mol. The molecule has 7 heterocycles. The van der Waals surface area contributed by atoms with Crippen molar-refractivity contribution < 1.29 is 19.1 Å². The number of aryl methyl sites for hydroxylation is 2. The van der Waals surface area contributed by atoms with Gasteiger partial charge in [-0.15, -0.1) is 0 Å². The number of aromatic nitrogens is 6. The van der Waals surface area contributed by atoms with Gasteiger partial charge in [0.15, 0.2) is 12.4 Å². The number of amides is 3. The zero-order valence-corrected chi connectivity index (χ0v) is 35.0. The van der Waals surface area contributed by atoms with Crippen LogP contribution in [0.4, 0.5) is 23.1 Å². The number of carbonyl (C=O) groups is 3. The number of nitrogens with one attached hydrogen (secondary N) is 3. The molecule has 3 aliphatic rings. The molecule has 17 heteroatoms. The lowest BCUT2D eigenvalue weighted by atomic mass is 9.93. The number of nitrogens with zero attached hydrogens (tertiary/aromatic N) is 9. The Hall–Kier alpha value is -6.10. The summed E-state index contributed by atoms with van der Waals surface area (Å²) in [7, 11) is 3.43. The number of hydrogen-bond donors (Lipinski definition) is 3. The Morgan fingerprint density at radius 1 is 1.00 bits per heavy atom. The largest absolute Gasteiger partial charge is 0.478 e. The van der Waals surface area contributed by atoms with Crippen molar-refractivity contribution in [2.45, 2.75) is 64.8 Å². The highest BCUT2D eigenvalue weighted by Crippen LogP contribution is 2.33. The first-order chi connectivity index (χ1) is 29.0. The molecule has 2 atom stereocenters. The molecule has 60 heavy (non-hydrogen) atoms. The number of carbonyl (C=O) groups excluding carboxylic acids is 3. The Morgan fingerprint density at radius 3 is 2.57 bits per heavy atom. The normalized spacial score (nSPS) is 18.8. The Kier molecular flexibility index (Phi) is 11.7. The second kappa shape index (κ2) is 17.2. The fraction of sp³-hybridized carbons (Fsp3) is 0.488. The number of benzene rings is 1. The van der Waals surface area contributed by atoms with E-state index in [1.807, 2.05) is 37.8 Å². The lowest BCUT2D eigenvalue weighted by Crippen LogP contribution is -2.48. The lowest BCUT2D eigenvalue weighted by molar-refractivity contribution is -0.134. The van der Waals surface area contributed by atoms with E-state index in [2.05, 4.69) is 55.8 Å². The van der Waals surface area contributed by atoms with Crippen LogP contribution in [0.3, 0.4) is 0 Å². The number of rotatable bonds is 13. The van der Waals surface area contributed by atoms with Crippen molar-refractivity contribution in [2.75, 3.05) is 74.6 Å². The van der Waals surface area contributed by atoms with Gasteiger partial charge < -0.3 is 25.2 Å². The third kappa shape index (κ3) is 8.35. The van der Waals surface area contributed by atoms with E-state index in [1.165, 1.54) is 7.05 Å². The third-order valence-corrected chi connectivity index (χ3v) is 11.9. The van der Waals surface area contributed by atoms with Gasteiger partial charge in [-0.1, -0.05) is 13.3 Å². The molecule has 0 saturated carbocycles. The predicted octanol–water partition coefficient (Wildman–Crippen LogP) is 3.64. The summed E-state index contributed by atoms with van der Waals surface area (Å²) in [5, 5.41) is 14.9. The SMILES string of the molecule is CCCc1cnc(N2CC[C@H](CN3CCN(c4ccc5c(C6CCC(=O)NC6=O)nn(C)c5c4)CC3)C2)nc1Nc1cnc2c(c1)cc(OCC(=O)NC)c(=O)n2C(C)C. The van der Waals surface area contributed by atoms with E-state index in [9.17, 15) is 19.2 Å². The van der Waals surface area contributed by atoms with Gasteiger partial charge in [-0.05, 0) is 69.4 Å². The van der Waals surface area contributed by atoms with Gasteiger partial charge in [0.1, 0.15) is 11.5 Å². The van der Waals surface area contributed by atoms with Crippen LogP contribution >= 0.6 is 0 Å². The van der Waals surface area contributed by atoms with Crippen molar-refractivity contribution in [1.82, 2.24) is 44.8 Å². The summed E-state index contributed by atoms with van der Waals surface area (Å²) in [6.07, 6.45) is 7.25. The van der Waals surface area contributed by atoms with Crippen molar-refractivity contribution in [3.63, 3.8) is 0 Å². The molecule has 3 amide bonds. The van der Waals surface area contributed by atoms with Crippen molar-refractivity contribution >= 4 is 62.8 Å². The van der Waals surface area contributed by atoms with E-state index in [-0.39, 0.29) is 41.7 Å². The number of piperidine rings is 1. The third-order valence-electron chi connectivity index (χ3n) is 11.9. The molecule has 3 saturated heterocycles. The molecule has 3 N–H and O–H groups in total. The summed E-state index contributed by atoms with van der Waals surface area (Å²) in [5.41, 5.74) is 4.78. The van der Waals surface area contributed by atoms with Crippen molar-refractivity contribution in [1.29, 1.82) is 0 Å². The minimum Gasteiger partial charge on any atom is -0.478 e. The van der Waals surface area contributed by atoms with Crippen LogP contribution < -0.4 is 36.0 Å². The van der Waals surface area contributed by atoms with Gasteiger partial charge in [0, 0.05) is 101 Å². The fourth-order valence-electron chi connectivity index (χ4n) is 8.71. The van der Waals surface area contributed by atoms with Crippen molar-refractivity contribution in [3.8, 4) is 5.75 Å². The number of ether oxygens (including phenoxy) is 1. The molecule has 8 rings (SSSR count). The summed E-state index contributed by atoms with van der Waals surface area (Å²) >= 11 is 0. The minimum absolute atomic E-state index is 0.0892. The highest BCUT2D eigenvalue weighted by atomic mass is 16.5. The maximum absolute atomic E-state index is 13.3. The van der Waals surface area contributed by atoms with Gasteiger partial charge in [-0.2, -0.15) is 10.1 Å². The number of piperazine rings is 1. The summed E-state index contributed by atoms with van der Waals surface area (Å²) in [4.78, 5) is 71.4. The molecule has 0 radical (unpaired) electrons. The molecule has 4 aromatic heterocycles. The average molecular weight is 819 g/mol. The van der Waals surface area contributed by atoms with E-state index in [0.29, 0.717) is 41.4 Å². The van der Waals surface area contributed by atoms with E-state index in [0.717, 1.165) is 98.7 Å². The zero-order chi connectivity index (χ0) is 42.1. The van der Waals surface area contributed by atoms with Crippen LogP contribution in [0.2, 0.25) is 0 Å². The molecule has 17 nitrogen and oxygen atoms in total. The Balaban J connectivity index is 0.908. The van der Waals surface area contributed by atoms with Crippen LogP contribution in [0.25, 0.3) is 21.9 Å². The lowest BCUT2D eigenvalue weighted by Gasteiger charge is -2.37. The molecule has 5 aromatic rings. The highest BCUT2D eigenvalue weighted by Gasteiger charge is 2.32. The quantitative estimate of drug-likeness (QED) is 0.147. The first-order valence-corrected chi connectivity index (χ1v) is 21.0. The van der Waals surface area contributed by atoms with Gasteiger partial charge in [0.25, 0.3) is 11.5 Å². The molecule has 3 fully saturated rings. The van der Waals surface area contributed by atoms with Crippen LogP contribution in [-0.4, -0.2) is 111 Å². The maximum Gasteiger partial charge on any atom is 0.294 e. The van der Waals surface area contributed by atoms with Crippen molar-refractivity contribution in [2.24, 2.45) is 13.0 Å². The van der Waals surface area contributed by atoms with E-state index < -0.39 is 5.92 Å². The molecular formula is C43H54N12O5. The highest BCUT2D eigenvalue weighted by molar-refractivity contribution is 6.02. The topological polar surface area (TPSA) is 185 Å². The molecule has 0 spiro atoms. The summed E-state index contributed by atoms with van der Waals surface area (Å²) in [6.45, 7) is 12.2. The van der Waals surface area contributed by atoms with Gasteiger partial charge >= 0.3 is 0 Å². The predicted molar refractivity (Wildman–Crippen MR) is 230 cm³/mol. The van der Waals surface area contributed by atoms with Gasteiger partial charge in [-0.25, -0.2) is 9.97 Å². The number of fused-ring (bicyclic) bond motifs is 2.